The highest BCUT2D eigenvalue weighted by Gasteiger charge is 2.24. The number of pyridine rings is 1. The van der Waals surface area contributed by atoms with Crippen LogP contribution in [0.15, 0.2) is 46.6 Å². The third-order valence-corrected chi connectivity index (χ3v) is 3.52. The average Bonchev–Trinajstić information content (AvgIpc) is 3.05. The number of amides is 1. The van der Waals surface area contributed by atoms with Gasteiger partial charge in [-0.1, -0.05) is 24.3 Å². The molecule has 5 N–H and O–H groups in total. The van der Waals surface area contributed by atoms with Crippen molar-refractivity contribution < 1.29 is 9.21 Å². The monoisotopic (exact) mass is 375 g/mol. The minimum Gasteiger partial charge on any atom is -0.412 e. The van der Waals surface area contributed by atoms with E-state index in [9.17, 15) is 4.79 Å². The average molecular weight is 376 g/mol. The van der Waals surface area contributed by atoms with Gasteiger partial charge in [-0.05, 0) is 26.0 Å². The molecule has 2 aromatic heterocycles. The van der Waals surface area contributed by atoms with Gasteiger partial charge in [0, 0.05) is 12.4 Å². The molecule has 0 radical (unpaired) electrons. The Balaban J connectivity index is 2.21. The van der Waals surface area contributed by atoms with Gasteiger partial charge in [-0.2, -0.15) is 0 Å². The largest absolute Gasteiger partial charge is 0.412 e. The summed E-state index contributed by atoms with van der Waals surface area (Å²) in [5.74, 6) is -0.970. The Kier molecular flexibility index (Phi) is 5.73. The molecule has 0 aliphatic heterocycles. The lowest BCUT2D eigenvalue weighted by atomic mass is 10.0. The number of nitrogens with zero attached hydrogens (tertiary/aromatic N) is 4. The Morgan fingerprint density at radius 1 is 1.38 bits per heavy atom. The van der Waals surface area contributed by atoms with Gasteiger partial charge in [-0.25, -0.2) is 4.99 Å². The number of carbonyl (C=O) groups excluding carboxylic acids is 1. The van der Waals surface area contributed by atoms with Gasteiger partial charge < -0.3 is 21.2 Å². The Hall–Kier alpha value is -3.20. The van der Waals surface area contributed by atoms with E-state index in [1.165, 1.54) is 12.3 Å². The molecule has 2 heterocycles. The van der Waals surface area contributed by atoms with E-state index in [2.05, 4.69) is 32.1 Å². The maximum Gasteiger partial charge on any atom is 0.306 e. The summed E-state index contributed by atoms with van der Waals surface area (Å²) in [6, 6.07) is 3.46. The van der Waals surface area contributed by atoms with Gasteiger partial charge in [0.25, 0.3) is 0 Å². The molecule has 0 aliphatic rings. The van der Waals surface area contributed by atoms with Crippen LogP contribution in [-0.4, -0.2) is 27.0 Å². The molecule has 136 valence electrons. The number of halogens is 1. The van der Waals surface area contributed by atoms with Crippen LogP contribution in [0.1, 0.15) is 36.1 Å². The standard InChI is InChI=1S/C16H18ClN7O2/c1-4-9(13-23-24-14(26-13)12(18)25)8-21-15(19)22-16(2,3)11-10(17)6-5-7-20-11/h4-8H,1H2,2-3H3,(H2,18,25)(H3,19,21,22)/b9-8+. The number of aromatic nitrogens is 3. The first kappa shape index (κ1) is 19.1. The van der Waals surface area contributed by atoms with Crippen molar-refractivity contribution in [1.82, 2.24) is 20.5 Å². The predicted molar refractivity (Wildman–Crippen MR) is 98.0 cm³/mol. The first-order valence-electron chi connectivity index (χ1n) is 7.43. The van der Waals surface area contributed by atoms with Crippen LogP contribution >= 0.6 is 11.6 Å². The molecule has 0 unspecified atom stereocenters. The number of primary amides is 1. The van der Waals surface area contributed by atoms with Crippen LogP contribution < -0.4 is 16.8 Å². The lowest BCUT2D eigenvalue weighted by molar-refractivity contribution is 0.0966. The third kappa shape index (κ3) is 4.45. The molecule has 9 nitrogen and oxygen atoms in total. The zero-order valence-electron chi connectivity index (χ0n) is 14.2. The maximum atomic E-state index is 11.0. The molecule has 26 heavy (non-hydrogen) atoms. The van der Waals surface area contributed by atoms with E-state index < -0.39 is 11.4 Å². The normalized spacial score (nSPS) is 12.7. The van der Waals surface area contributed by atoms with Crippen molar-refractivity contribution in [3.05, 3.63) is 59.7 Å². The smallest absolute Gasteiger partial charge is 0.306 e. The highest BCUT2D eigenvalue weighted by atomic mass is 35.5. The van der Waals surface area contributed by atoms with Crippen LogP contribution in [0, 0.1) is 0 Å². The Labute approximate surface area is 154 Å². The summed E-state index contributed by atoms with van der Waals surface area (Å²) < 4.78 is 5.13. The molecular weight excluding hydrogens is 358 g/mol. The third-order valence-electron chi connectivity index (χ3n) is 3.22. The van der Waals surface area contributed by atoms with Crippen molar-refractivity contribution in [3.63, 3.8) is 0 Å². The van der Waals surface area contributed by atoms with Gasteiger partial charge in [-0.15, -0.1) is 10.2 Å². The van der Waals surface area contributed by atoms with Crippen LogP contribution in [0.2, 0.25) is 5.02 Å². The molecule has 10 heteroatoms. The number of guanidine groups is 1. The van der Waals surface area contributed by atoms with Crippen molar-refractivity contribution in [3.8, 4) is 0 Å². The first-order valence-corrected chi connectivity index (χ1v) is 7.81. The second kappa shape index (κ2) is 7.79. The molecule has 1 amide bonds. The van der Waals surface area contributed by atoms with Crippen molar-refractivity contribution >= 4 is 29.0 Å². The second-order valence-electron chi connectivity index (χ2n) is 5.61. The van der Waals surface area contributed by atoms with Crippen LogP contribution in [0.4, 0.5) is 0 Å². The molecule has 0 aromatic carbocycles. The lowest BCUT2D eigenvalue weighted by Gasteiger charge is -2.21. The molecule has 2 aromatic rings. The summed E-state index contributed by atoms with van der Waals surface area (Å²) >= 11 is 6.17. The molecule has 0 aliphatic carbocycles. The molecule has 0 spiro atoms. The number of nitrogens with one attached hydrogen (secondary N) is 1. The van der Waals surface area contributed by atoms with E-state index in [-0.39, 0.29) is 17.7 Å². The van der Waals surface area contributed by atoms with Crippen LogP contribution in [0.25, 0.3) is 5.57 Å². The van der Waals surface area contributed by atoms with Crippen molar-refractivity contribution in [2.45, 2.75) is 19.4 Å². The number of carbonyl (C=O) groups is 1. The van der Waals surface area contributed by atoms with Gasteiger partial charge in [-0.3, -0.25) is 9.78 Å². The van der Waals surface area contributed by atoms with Gasteiger partial charge in [0.05, 0.1) is 16.3 Å². The quantitative estimate of drug-likeness (QED) is 0.394. The Morgan fingerprint density at radius 2 is 2.08 bits per heavy atom. The summed E-state index contributed by atoms with van der Waals surface area (Å²) in [6.07, 6.45) is 4.53. The highest BCUT2D eigenvalue weighted by molar-refractivity contribution is 6.31. The minimum atomic E-state index is -0.824. The fourth-order valence-electron chi connectivity index (χ4n) is 2.02. The summed E-state index contributed by atoms with van der Waals surface area (Å²) in [7, 11) is 0. The minimum absolute atomic E-state index is 0.0566. The number of hydrogen-bond acceptors (Lipinski definition) is 6. The number of nitrogens with two attached hydrogens (primary N) is 2. The second-order valence-corrected chi connectivity index (χ2v) is 6.02. The van der Waals surface area contributed by atoms with E-state index in [1.54, 1.807) is 18.3 Å². The Bertz CT molecular complexity index is 886. The van der Waals surface area contributed by atoms with Gasteiger partial charge >= 0.3 is 11.8 Å². The number of allylic oxidation sites excluding steroid dienone is 2. The number of rotatable bonds is 6. The van der Waals surface area contributed by atoms with E-state index in [0.29, 0.717) is 16.3 Å². The summed E-state index contributed by atoms with van der Waals surface area (Å²) in [5.41, 5.74) is 11.2. The zero-order valence-corrected chi connectivity index (χ0v) is 15.0. The van der Waals surface area contributed by atoms with E-state index in [4.69, 9.17) is 27.5 Å². The molecule has 0 saturated heterocycles. The SMILES string of the molecule is C=C/C(=C\NC(N)=NC(C)(C)c1ncccc1Cl)c1nnc(C(N)=O)o1. The van der Waals surface area contributed by atoms with Crippen molar-refractivity contribution in [2.24, 2.45) is 16.5 Å². The van der Waals surface area contributed by atoms with E-state index in [0.717, 1.165) is 0 Å². The van der Waals surface area contributed by atoms with Gasteiger partial charge in [0.15, 0.2) is 5.96 Å². The molecule has 0 bridgehead atoms. The van der Waals surface area contributed by atoms with Gasteiger partial charge in [0.1, 0.15) is 5.54 Å². The van der Waals surface area contributed by atoms with Crippen LogP contribution in [0.5, 0.6) is 0 Å². The van der Waals surface area contributed by atoms with E-state index >= 15 is 0 Å². The predicted octanol–water partition coefficient (Wildman–Crippen LogP) is 1.58. The van der Waals surface area contributed by atoms with Crippen molar-refractivity contribution in [1.29, 1.82) is 0 Å². The molecular formula is C16H18ClN7O2. The number of aliphatic imine (C=N–C) groups is 1. The number of hydrogen-bond donors (Lipinski definition) is 3. The molecule has 0 fully saturated rings. The van der Waals surface area contributed by atoms with Crippen LogP contribution in [-0.2, 0) is 5.54 Å². The van der Waals surface area contributed by atoms with Crippen molar-refractivity contribution in [2.75, 3.05) is 0 Å². The fourth-order valence-corrected chi connectivity index (χ4v) is 2.37. The fraction of sp³-hybridized carbons (Fsp3) is 0.188. The zero-order chi connectivity index (χ0) is 19.3. The molecule has 2 rings (SSSR count). The summed E-state index contributed by atoms with van der Waals surface area (Å²) in [6.45, 7) is 7.29. The van der Waals surface area contributed by atoms with Crippen LogP contribution in [0.3, 0.4) is 0 Å². The highest BCUT2D eigenvalue weighted by Crippen LogP contribution is 2.28. The molecule has 0 saturated carbocycles. The molecule has 0 atom stereocenters. The Morgan fingerprint density at radius 3 is 2.65 bits per heavy atom. The first-order chi connectivity index (χ1) is 12.2. The van der Waals surface area contributed by atoms with E-state index in [1.807, 2.05) is 13.8 Å². The lowest BCUT2D eigenvalue weighted by Crippen LogP contribution is -2.32. The van der Waals surface area contributed by atoms with Gasteiger partial charge in [0.2, 0.25) is 5.89 Å². The summed E-state index contributed by atoms with van der Waals surface area (Å²) in [4.78, 5) is 19.7. The topological polar surface area (TPSA) is 145 Å². The summed E-state index contributed by atoms with van der Waals surface area (Å²) in [5, 5.41) is 10.5. The maximum absolute atomic E-state index is 11.0.